The highest BCUT2D eigenvalue weighted by molar-refractivity contribution is 6.01. The third-order valence-electron chi connectivity index (χ3n) is 5.57. The van der Waals surface area contributed by atoms with Gasteiger partial charge in [0.2, 0.25) is 11.8 Å². The molecule has 24 heavy (non-hydrogen) atoms. The summed E-state index contributed by atoms with van der Waals surface area (Å²) in [5, 5.41) is 3.19. The molecule has 2 fully saturated rings. The van der Waals surface area contributed by atoms with Gasteiger partial charge in [0.25, 0.3) is 0 Å². The lowest BCUT2D eigenvalue weighted by Gasteiger charge is -2.28. The molecule has 4 nitrogen and oxygen atoms in total. The Morgan fingerprint density at radius 3 is 2.38 bits per heavy atom. The first kappa shape index (κ1) is 17.0. The number of benzene rings is 1. The maximum atomic E-state index is 12.6. The van der Waals surface area contributed by atoms with Crippen molar-refractivity contribution in [1.29, 1.82) is 0 Å². The average molecular weight is 328 g/mol. The third kappa shape index (κ3) is 3.47. The molecule has 0 radical (unpaired) electrons. The number of aryl methyl sites for hydroxylation is 2. The number of carbonyl (C=O) groups excluding carboxylic acids is 2. The van der Waals surface area contributed by atoms with Gasteiger partial charge >= 0.3 is 0 Å². The standard InChI is InChI=1S/C20H28N2O2/c1-13-7-9-17(10-8-13)21-20(24)16-11-18(23)22(12-16)19-14(2)5-4-6-15(19)3/h4-6,13,16-17H,7-12H2,1-3H3,(H,21,24)/t13?,16-,17?/m0/s1. The summed E-state index contributed by atoms with van der Waals surface area (Å²) in [6.45, 7) is 6.81. The summed E-state index contributed by atoms with van der Waals surface area (Å²) in [6, 6.07) is 6.33. The van der Waals surface area contributed by atoms with Crippen molar-refractivity contribution in [3.05, 3.63) is 29.3 Å². The fourth-order valence-electron chi connectivity index (χ4n) is 4.05. The molecule has 1 saturated heterocycles. The highest BCUT2D eigenvalue weighted by Gasteiger charge is 2.37. The summed E-state index contributed by atoms with van der Waals surface area (Å²) in [4.78, 5) is 26.9. The van der Waals surface area contributed by atoms with Crippen molar-refractivity contribution in [3.8, 4) is 0 Å². The van der Waals surface area contributed by atoms with E-state index in [0.29, 0.717) is 13.0 Å². The Bertz CT molecular complexity index is 612. The number of carbonyl (C=O) groups is 2. The van der Waals surface area contributed by atoms with Crippen LogP contribution in [0.25, 0.3) is 0 Å². The van der Waals surface area contributed by atoms with Crippen LogP contribution < -0.4 is 10.2 Å². The second-order valence-electron chi connectivity index (χ2n) is 7.61. The molecule has 1 atom stereocenters. The fourth-order valence-corrected chi connectivity index (χ4v) is 4.05. The SMILES string of the molecule is Cc1cccc(C)c1N1C[C@@H](C(=O)NC2CCC(C)CC2)CC1=O. The molecule has 1 aromatic carbocycles. The van der Waals surface area contributed by atoms with E-state index in [1.165, 1.54) is 12.8 Å². The first-order chi connectivity index (χ1) is 11.5. The fraction of sp³-hybridized carbons (Fsp3) is 0.600. The molecule has 1 aromatic rings. The van der Waals surface area contributed by atoms with Crippen molar-refractivity contribution >= 4 is 17.5 Å². The van der Waals surface area contributed by atoms with Crippen molar-refractivity contribution in [2.24, 2.45) is 11.8 Å². The topological polar surface area (TPSA) is 49.4 Å². The number of anilines is 1. The summed E-state index contributed by atoms with van der Waals surface area (Å²) in [6.07, 6.45) is 4.82. The monoisotopic (exact) mass is 328 g/mol. The van der Waals surface area contributed by atoms with Crippen LogP contribution in [-0.2, 0) is 9.59 Å². The molecule has 1 aliphatic heterocycles. The quantitative estimate of drug-likeness (QED) is 0.925. The second-order valence-corrected chi connectivity index (χ2v) is 7.61. The Kier molecular flexibility index (Phi) is 4.93. The van der Waals surface area contributed by atoms with Gasteiger partial charge in [-0.05, 0) is 56.6 Å². The molecule has 1 aliphatic carbocycles. The minimum Gasteiger partial charge on any atom is -0.353 e. The number of para-hydroxylation sites is 1. The highest BCUT2D eigenvalue weighted by atomic mass is 16.2. The Labute approximate surface area is 144 Å². The number of hydrogen-bond donors (Lipinski definition) is 1. The molecule has 1 heterocycles. The lowest BCUT2D eigenvalue weighted by atomic mass is 9.87. The minimum atomic E-state index is -0.226. The molecule has 2 aliphatic rings. The van der Waals surface area contributed by atoms with Gasteiger partial charge in [-0.2, -0.15) is 0 Å². The van der Waals surface area contributed by atoms with Crippen LogP contribution >= 0.6 is 0 Å². The van der Waals surface area contributed by atoms with E-state index in [9.17, 15) is 9.59 Å². The van der Waals surface area contributed by atoms with E-state index in [2.05, 4.69) is 12.2 Å². The molecule has 0 bridgehead atoms. The molecule has 0 unspecified atom stereocenters. The zero-order valence-corrected chi connectivity index (χ0v) is 15.0. The largest absolute Gasteiger partial charge is 0.353 e. The Balaban J connectivity index is 1.65. The third-order valence-corrected chi connectivity index (χ3v) is 5.57. The average Bonchev–Trinajstić information content (AvgIpc) is 2.91. The molecule has 2 amide bonds. The van der Waals surface area contributed by atoms with Crippen molar-refractivity contribution in [2.45, 2.75) is 58.9 Å². The number of hydrogen-bond acceptors (Lipinski definition) is 2. The first-order valence-corrected chi connectivity index (χ1v) is 9.12. The van der Waals surface area contributed by atoms with E-state index in [1.807, 2.05) is 32.0 Å². The van der Waals surface area contributed by atoms with Gasteiger partial charge < -0.3 is 10.2 Å². The predicted octanol–water partition coefficient (Wildman–Crippen LogP) is 3.35. The van der Waals surface area contributed by atoms with E-state index in [-0.39, 0.29) is 23.8 Å². The van der Waals surface area contributed by atoms with Crippen LogP contribution in [0.3, 0.4) is 0 Å². The molecule has 130 valence electrons. The smallest absolute Gasteiger partial charge is 0.227 e. The lowest BCUT2D eigenvalue weighted by Crippen LogP contribution is -2.41. The predicted molar refractivity (Wildman–Crippen MR) is 95.9 cm³/mol. The van der Waals surface area contributed by atoms with Gasteiger partial charge in [-0.1, -0.05) is 25.1 Å². The lowest BCUT2D eigenvalue weighted by molar-refractivity contribution is -0.127. The molecule has 1 saturated carbocycles. The summed E-state index contributed by atoms with van der Waals surface area (Å²) in [7, 11) is 0. The molecule has 4 heteroatoms. The van der Waals surface area contributed by atoms with E-state index in [0.717, 1.165) is 35.6 Å². The second kappa shape index (κ2) is 6.96. The van der Waals surface area contributed by atoms with Crippen LogP contribution in [0.2, 0.25) is 0 Å². The minimum absolute atomic E-state index is 0.0524. The van der Waals surface area contributed by atoms with Gasteiger partial charge in [0.15, 0.2) is 0 Å². The van der Waals surface area contributed by atoms with E-state index in [1.54, 1.807) is 4.90 Å². The highest BCUT2D eigenvalue weighted by Crippen LogP contribution is 2.31. The molecular weight excluding hydrogens is 300 g/mol. The number of nitrogens with one attached hydrogen (secondary N) is 1. The Morgan fingerprint density at radius 2 is 1.75 bits per heavy atom. The van der Waals surface area contributed by atoms with Crippen LogP contribution in [0.15, 0.2) is 18.2 Å². The van der Waals surface area contributed by atoms with E-state index in [4.69, 9.17) is 0 Å². The normalized spacial score (nSPS) is 27.4. The van der Waals surface area contributed by atoms with Crippen molar-refractivity contribution in [3.63, 3.8) is 0 Å². The Hall–Kier alpha value is -1.84. The Morgan fingerprint density at radius 1 is 1.12 bits per heavy atom. The van der Waals surface area contributed by atoms with Gasteiger partial charge in [-0.3, -0.25) is 9.59 Å². The van der Waals surface area contributed by atoms with Gasteiger partial charge in [-0.15, -0.1) is 0 Å². The van der Waals surface area contributed by atoms with Gasteiger partial charge in [-0.25, -0.2) is 0 Å². The summed E-state index contributed by atoms with van der Waals surface area (Å²) >= 11 is 0. The molecule has 3 rings (SSSR count). The van der Waals surface area contributed by atoms with Gasteiger partial charge in [0.05, 0.1) is 5.92 Å². The maximum Gasteiger partial charge on any atom is 0.227 e. The number of rotatable bonds is 3. The van der Waals surface area contributed by atoms with Gasteiger partial charge in [0, 0.05) is 24.7 Å². The van der Waals surface area contributed by atoms with E-state index >= 15 is 0 Å². The van der Waals surface area contributed by atoms with Crippen LogP contribution in [0.5, 0.6) is 0 Å². The zero-order valence-electron chi connectivity index (χ0n) is 15.0. The van der Waals surface area contributed by atoms with Crippen molar-refractivity contribution in [2.75, 3.05) is 11.4 Å². The maximum absolute atomic E-state index is 12.6. The number of amides is 2. The van der Waals surface area contributed by atoms with Crippen LogP contribution in [0.4, 0.5) is 5.69 Å². The van der Waals surface area contributed by atoms with E-state index < -0.39 is 0 Å². The van der Waals surface area contributed by atoms with Gasteiger partial charge in [0.1, 0.15) is 0 Å². The molecule has 0 aromatic heterocycles. The summed E-state index contributed by atoms with van der Waals surface area (Å²) < 4.78 is 0. The molecular formula is C20H28N2O2. The summed E-state index contributed by atoms with van der Waals surface area (Å²) in [5.74, 6) is 0.656. The van der Waals surface area contributed by atoms with Crippen LogP contribution in [-0.4, -0.2) is 24.4 Å². The molecule has 1 N–H and O–H groups in total. The zero-order chi connectivity index (χ0) is 17.3. The number of nitrogens with zero attached hydrogens (tertiary/aromatic N) is 1. The molecule has 0 spiro atoms. The summed E-state index contributed by atoms with van der Waals surface area (Å²) in [5.41, 5.74) is 3.15. The van der Waals surface area contributed by atoms with Crippen molar-refractivity contribution in [1.82, 2.24) is 5.32 Å². The first-order valence-electron chi connectivity index (χ1n) is 9.12. The van der Waals surface area contributed by atoms with Crippen LogP contribution in [0.1, 0.15) is 50.2 Å². The van der Waals surface area contributed by atoms with Crippen LogP contribution in [0, 0.1) is 25.7 Å². The van der Waals surface area contributed by atoms with Crippen molar-refractivity contribution < 1.29 is 9.59 Å².